The molecule has 124 valence electrons. The highest BCUT2D eigenvalue weighted by molar-refractivity contribution is 7.90. The van der Waals surface area contributed by atoms with Crippen molar-refractivity contribution in [3.05, 3.63) is 60.9 Å². The molecule has 1 N–H and O–H groups in total. The summed E-state index contributed by atoms with van der Waals surface area (Å²) in [6, 6.07) is 14.1. The molecule has 7 heteroatoms. The number of amides is 1. The minimum atomic E-state index is -3.86. The van der Waals surface area contributed by atoms with Crippen LogP contribution in [0.4, 0.5) is 0 Å². The molecule has 0 bridgehead atoms. The lowest BCUT2D eigenvalue weighted by atomic mass is 10.1. The number of benzene rings is 2. The second kappa shape index (κ2) is 6.84. The number of sulfonamides is 1. The largest absolute Gasteiger partial charge is 0.274 e. The molecule has 6 nitrogen and oxygen atoms in total. The normalized spacial score (nSPS) is 11.5. The van der Waals surface area contributed by atoms with Gasteiger partial charge in [-0.05, 0) is 35.4 Å². The second-order valence-corrected chi connectivity index (χ2v) is 7.09. The molecular weight excluding hydrogens is 326 g/mol. The van der Waals surface area contributed by atoms with E-state index in [4.69, 9.17) is 0 Å². The molecule has 0 spiro atoms. The van der Waals surface area contributed by atoms with Crippen LogP contribution in [0.25, 0.3) is 10.8 Å². The van der Waals surface area contributed by atoms with Gasteiger partial charge in [0.25, 0.3) is 10.0 Å². The SMILES string of the molecule is O=C(CCCn1cccn1)NS(=O)(=O)c1ccc2ccccc2c1. The molecule has 0 unspecified atom stereocenters. The van der Waals surface area contributed by atoms with E-state index in [0.717, 1.165) is 10.8 Å². The number of nitrogens with zero attached hydrogens (tertiary/aromatic N) is 2. The van der Waals surface area contributed by atoms with Gasteiger partial charge in [-0.3, -0.25) is 9.48 Å². The highest BCUT2D eigenvalue weighted by Crippen LogP contribution is 2.18. The average Bonchev–Trinajstić information content (AvgIpc) is 3.07. The summed E-state index contributed by atoms with van der Waals surface area (Å²) >= 11 is 0. The van der Waals surface area contributed by atoms with E-state index in [-0.39, 0.29) is 11.3 Å². The molecule has 2 aromatic carbocycles. The maximum atomic E-state index is 12.3. The fourth-order valence-corrected chi connectivity index (χ4v) is 3.48. The van der Waals surface area contributed by atoms with E-state index >= 15 is 0 Å². The standard InChI is InChI=1S/C17H17N3O3S/c21-17(7-3-11-20-12-4-10-18-20)19-24(22,23)16-9-8-14-5-1-2-6-15(14)13-16/h1-2,4-6,8-10,12-13H,3,7,11H2,(H,19,21). The predicted molar refractivity (Wildman–Crippen MR) is 90.7 cm³/mol. The van der Waals surface area contributed by atoms with Gasteiger partial charge < -0.3 is 0 Å². The summed E-state index contributed by atoms with van der Waals surface area (Å²) in [4.78, 5) is 12.0. The van der Waals surface area contributed by atoms with Crippen molar-refractivity contribution in [1.29, 1.82) is 0 Å². The third kappa shape index (κ3) is 3.80. The number of nitrogens with one attached hydrogen (secondary N) is 1. The highest BCUT2D eigenvalue weighted by atomic mass is 32.2. The van der Waals surface area contributed by atoms with Crippen LogP contribution in [0.1, 0.15) is 12.8 Å². The summed E-state index contributed by atoms with van der Waals surface area (Å²) in [6.07, 6.45) is 4.08. The molecule has 1 amide bonds. The van der Waals surface area contributed by atoms with Crippen molar-refractivity contribution in [2.75, 3.05) is 0 Å². The van der Waals surface area contributed by atoms with Crippen LogP contribution in [0.15, 0.2) is 65.8 Å². The Bertz CT molecular complexity index is 950. The maximum Gasteiger partial charge on any atom is 0.264 e. The molecule has 0 saturated heterocycles. The fraction of sp³-hybridized carbons (Fsp3) is 0.176. The van der Waals surface area contributed by atoms with E-state index in [9.17, 15) is 13.2 Å². The Morgan fingerprint density at radius 1 is 1.08 bits per heavy atom. The van der Waals surface area contributed by atoms with Gasteiger partial charge in [0.05, 0.1) is 4.90 Å². The average molecular weight is 343 g/mol. The summed E-state index contributed by atoms with van der Waals surface area (Å²) in [5.41, 5.74) is 0. The molecule has 0 aliphatic rings. The lowest BCUT2D eigenvalue weighted by molar-refractivity contribution is -0.119. The van der Waals surface area contributed by atoms with Crippen molar-refractivity contribution >= 4 is 26.7 Å². The van der Waals surface area contributed by atoms with Gasteiger partial charge in [-0.1, -0.05) is 30.3 Å². The first kappa shape index (κ1) is 16.2. The van der Waals surface area contributed by atoms with Gasteiger partial charge in [-0.2, -0.15) is 5.10 Å². The monoisotopic (exact) mass is 343 g/mol. The molecule has 0 aliphatic carbocycles. The lowest BCUT2D eigenvalue weighted by Crippen LogP contribution is -2.30. The third-order valence-corrected chi connectivity index (χ3v) is 5.00. The van der Waals surface area contributed by atoms with Gasteiger partial charge in [0.15, 0.2) is 0 Å². The predicted octanol–water partition coefficient (Wildman–Crippen LogP) is 2.32. The van der Waals surface area contributed by atoms with Crippen LogP contribution in [0.2, 0.25) is 0 Å². The van der Waals surface area contributed by atoms with Crippen LogP contribution in [0.5, 0.6) is 0 Å². The molecule has 3 aromatic rings. The van der Waals surface area contributed by atoms with Gasteiger partial charge in [0.2, 0.25) is 5.91 Å². The summed E-state index contributed by atoms with van der Waals surface area (Å²) in [5, 5.41) is 5.79. The summed E-state index contributed by atoms with van der Waals surface area (Å²) in [7, 11) is -3.86. The summed E-state index contributed by atoms with van der Waals surface area (Å²) in [5.74, 6) is -0.518. The Kier molecular flexibility index (Phi) is 4.61. The second-order valence-electron chi connectivity index (χ2n) is 5.41. The Morgan fingerprint density at radius 3 is 2.62 bits per heavy atom. The molecule has 1 heterocycles. The molecule has 24 heavy (non-hydrogen) atoms. The van der Waals surface area contributed by atoms with Crippen molar-refractivity contribution in [3.8, 4) is 0 Å². The lowest BCUT2D eigenvalue weighted by Gasteiger charge is -2.08. The van der Waals surface area contributed by atoms with E-state index < -0.39 is 15.9 Å². The highest BCUT2D eigenvalue weighted by Gasteiger charge is 2.17. The fourth-order valence-electron chi connectivity index (χ4n) is 2.43. The number of carbonyl (C=O) groups is 1. The quantitative estimate of drug-likeness (QED) is 0.745. The first-order chi connectivity index (χ1) is 11.5. The first-order valence-corrected chi connectivity index (χ1v) is 9.05. The number of fused-ring (bicyclic) bond motifs is 1. The van der Waals surface area contributed by atoms with E-state index in [0.29, 0.717) is 13.0 Å². The zero-order valence-electron chi connectivity index (χ0n) is 12.9. The van der Waals surface area contributed by atoms with Crippen molar-refractivity contribution in [2.45, 2.75) is 24.3 Å². The van der Waals surface area contributed by atoms with E-state index in [1.54, 1.807) is 35.3 Å². The number of rotatable bonds is 6. The van der Waals surface area contributed by atoms with Gasteiger partial charge in [-0.25, -0.2) is 13.1 Å². The van der Waals surface area contributed by atoms with Crippen LogP contribution >= 0.6 is 0 Å². The molecule has 3 rings (SSSR count). The molecule has 0 aliphatic heterocycles. The maximum absolute atomic E-state index is 12.3. The van der Waals surface area contributed by atoms with E-state index in [1.807, 2.05) is 24.3 Å². The third-order valence-electron chi connectivity index (χ3n) is 3.63. The minimum Gasteiger partial charge on any atom is -0.274 e. The van der Waals surface area contributed by atoms with Gasteiger partial charge in [0, 0.05) is 25.4 Å². The number of hydrogen-bond acceptors (Lipinski definition) is 4. The summed E-state index contributed by atoms with van der Waals surface area (Å²) < 4.78 is 28.5. The smallest absolute Gasteiger partial charge is 0.264 e. The first-order valence-electron chi connectivity index (χ1n) is 7.56. The van der Waals surface area contributed by atoms with Gasteiger partial charge in [0.1, 0.15) is 0 Å². The number of aromatic nitrogens is 2. The van der Waals surface area contributed by atoms with Crippen LogP contribution in [0, 0.1) is 0 Å². The molecule has 0 fully saturated rings. The number of carbonyl (C=O) groups excluding carboxylic acids is 1. The van der Waals surface area contributed by atoms with Crippen LogP contribution < -0.4 is 4.72 Å². The van der Waals surface area contributed by atoms with Crippen molar-refractivity contribution in [1.82, 2.24) is 14.5 Å². The van der Waals surface area contributed by atoms with Gasteiger partial charge in [-0.15, -0.1) is 0 Å². The molecule has 0 saturated carbocycles. The molecule has 0 atom stereocenters. The molecule has 0 radical (unpaired) electrons. The Morgan fingerprint density at radius 2 is 1.88 bits per heavy atom. The number of aryl methyl sites for hydroxylation is 1. The minimum absolute atomic E-state index is 0.0848. The van der Waals surface area contributed by atoms with Crippen LogP contribution in [-0.4, -0.2) is 24.1 Å². The van der Waals surface area contributed by atoms with Crippen molar-refractivity contribution < 1.29 is 13.2 Å². The zero-order valence-corrected chi connectivity index (χ0v) is 13.7. The van der Waals surface area contributed by atoms with Crippen LogP contribution in [-0.2, 0) is 21.4 Å². The Balaban J connectivity index is 1.64. The molecule has 1 aromatic heterocycles. The topological polar surface area (TPSA) is 81.1 Å². The van der Waals surface area contributed by atoms with Crippen molar-refractivity contribution in [3.63, 3.8) is 0 Å². The van der Waals surface area contributed by atoms with E-state index in [1.165, 1.54) is 6.07 Å². The summed E-state index contributed by atoms with van der Waals surface area (Å²) in [6.45, 7) is 0.566. The Labute approximate surface area is 140 Å². The van der Waals surface area contributed by atoms with Crippen molar-refractivity contribution in [2.24, 2.45) is 0 Å². The zero-order chi connectivity index (χ0) is 17.0. The Hall–Kier alpha value is -2.67. The van der Waals surface area contributed by atoms with Gasteiger partial charge >= 0.3 is 0 Å². The van der Waals surface area contributed by atoms with Crippen LogP contribution in [0.3, 0.4) is 0 Å². The molecular formula is C17H17N3O3S. The number of hydrogen-bond donors (Lipinski definition) is 1. The van der Waals surface area contributed by atoms with E-state index in [2.05, 4.69) is 9.82 Å².